The average molecular weight is 284 g/mol. The van der Waals surface area contributed by atoms with Gasteiger partial charge in [0.25, 0.3) is 0 Å². The molecule has 1 N–H and O–H groups in total. The molecule has 0 aromatic heterocycles. The molecule has 3 nitrogen and oxygen atoms in total. The van der Waals surface area contributed by atoms with E-state index in [1.165, 1.54) is 12.8 Å². The summed E-state index contributed by atoms with van der Waals surface area (Å²) in [7, 11) is 0. The predicted molar refractivity (Wildman–Crippen MR) is 80.7 cm³/mol. The highest BCUT2D eigenvalue weighted by atomic mass is 16.6. The first-order chi connectivity index (χ1) is 9.43. The molecular formula is C17H32O3. The van der Waals surface area contributed by atoms with E-state index in [1.807, 2.05) is 0 Å². The third kappa shape index (κ3) is 3.96. The second-order valence-corrected chi connectivity index (χ2v) is 7.38. The second kappa shape index (κ2) is 6.76. The lowest BCUT2D eigenvalue weighted by Gasteiger charge is -2.45. The molecule has 2 aliphatic heterocycles. The minimum Gasteiger partial charge on any atom is -0.393 e. The molecule has 0 aliphatic carbocycles. The molecule has 3 heteroatoms. The van der Waals surface area contributed by atoms with Crippen molar-refractivity contribution in [3.8, 4) is 0 Å². The Balaban J connectivity index is 2.16. The molecule has 118 valence electrons. The summed E-state index contributed by atoms with van der Waals surface area (Å²) in [6, 6.07) is 0. The Morgan fingerprint density at radius 2 is 2.00 bits per heavy atom. The monoisotopic (exact) mass is 284 g/mol. The van der Waals surface area contributed by atoms with E-state index in [1.54, 1.807) is 0 Å². The lowest BCUT2D eigenvalue weighted by Crippen LogP contribution is -2.49. The fourth-order valence-corrected chi connectivity index (χ4v) is 3.84. The molecule has 2 aliphatic rings. The van der Waals surface area contributed by atoms with E-state index in [-0.39, 0.29) is 23.9 Å². The second-order valence-electron chi connectivity index (χ2n) is 7.38. The van der Waals surface area contributed by atoms with Crippen molar-refractivity contribution in [2.24, 2.45) is 11.8 Å². The van der Waals surface area contributed by atoms with Gasteiger partial charge >= 0.3 is 0 Å². The van der Waals surface area contributed by atoms with Crippen molar-refractivity contribution in [1.82, 2.24) is 0 Å². The Bertz CT molecular complexity index is 303. The first-order valence-corrected chi connectivity index (χ1v) is 8.40. The summed E-state index contributed by atoms with van der Waals surface area (Å²) in [6.45, 7) is 9.56. The van der Waals surface area contributed by atoms with Gasteiger partial charge in [0.05, 0.1) is 23.9 Å². The van der Waals surface area contributed by atoms with E-state index in [0.717, 1.165) is 25.7 Å². The van der Waals surface area contributed by atoms with E-state index < -0.39 is 0 Å². The highest BCUT2D eigenvalue weighted by molar-refractivity contribution is 4.90. The molecule has 2 fully saturated rings. The zero-order chi connectivity index (χ0) is 14.8. The van der Waals surface area contributed by atoms with Gasteiger partial charge in [-0.15, -0.1) is 0 Å². The molecule has 0 amide bonds. The third-order valence-electron chi connectivity index (χ3n) is 5.13. The van der Waals surface area contributed by atoms with Crippen LogP contribution in [0.2, 0.25) is 0 Å². The first-order valence-electron chi connectivity index (χ1n) is 8.40. The quantitative estimate of drug-likeness (QED) is 0.843. The van der Waals surface area contributed by atoms with E-state index in [9.17, 15) is 5.11 Å². The zero-order valence-electron chi connectivity index (χ0n) is 13.6. The molecule has 2 heterocycles. The highest BCUT2D eigenvalue weighted by Gasteiger charge is 2.42. The van der Waals surface area contributed by atoms with Gasteiger partial charge in [0.15, 0.2) is 0 Å². The standard InChI is InChI=1S/C17H32O3/c1-5-6-13-11-14(18)8-10-19-15-7-9-17(3,4)20-16(15)12(13)2/h12-16,18H,5-11H2,1-4H3. The maximum absolute atomic E-state index is 10.2. The number of aliphatic hydroxyl groups excluding tert-OH is 1. The van der Waals surface area contributed by atoms with Crippen LogP contribution in [-0.2, 0) is 9.47 Å². The van der Waals surface area contributed by atoms with Crippen LogP contribution in [0.1, 0.15) is 66.2 Å². The van der Waals surface area contributed by atoms with Crippen LogP contribution in [0.25, 0.3) is 0 Å². The van der Waals surface area contributed by atoms with Gasteiger partial charge < -0.3 is 14.6 Å². The normalized spacial score (nSPS) is 42.1. The van der Waals surface area contributed by atoms with Crippen LogP contribution >= 0.6 is 0 Å². The predicted octanol–water partition coefficient (Wildman–Crippen LogP) is 3.54. The molecule has 0 spiro atoms. The molecule has 0 aromatic rings. The van der Waals surface area contributed by atoms with Gasteiger partial charge in [-0.2, -0.15) is 0 Å². The van der Waals surface area contributed by atoms with Crippen molar-refractivity contribution in [3.63, 3.8) is 0 Å². The summed E-state index contributed by atoms with van der Waals surface area (Å²) in [5.74, 6) is 0.991. The molecule has 2 saturated heterocycles. The van der Waals surface area contributed by atoms with E-state index in [2.05, 4.69) is 27.7 Å². The number of aliphatic hydroxyl groups is 1. The van der Waals surface area contributed by atoms with Crippen molar-refractivity contribution in [2.75, 3.05) is 6.61 Å². The lowest BCUT2D eigenvalue weighted by molar-refractivity contribution is -0.195. The summed E-state index contributed by atoms with van der Waals surface area (Å²) in [4.78, 5) is 0. The van der Waals surface area contributed by atoms with E-state index in [0.29, 0.717) is 18.4 Å². The van der Waals surface area contributed by atoms with Crippen molar-refractivity contribution in [2.45, 2.75) is 90.1 Å². The van der Waals surface area contributed by atoms with Gasteiger partial charge in [-0.3, -0.25) is 0 Å². The Morgan fingerprint density at radius 3 is 2.70 bits per heavy atom. The molecule has 0 saturated carbocycles. The van der Waals surface area contributed by atoms with Gasteiger partial charge in [0, 0.05) is 6.61 Å². The summed E-state index contributed by atoms with van der Waals surface area (Å²) in [5.41, 5.74) is -0.0395. The van der Waals surface area contributed by atoms with Crippen LogP contribution < -0.4 is 0 Å². The average Bonchev–Trinajstić information content (AvgIpc) is 2.42. The van der Waals surface area contributed by atoms with Crippen LogP contribution in [0.15, 0.2) is 0 Å². The maximum Gasteiger partial charge on any atom is 0.0871 e. The Morgan fingerprint density at radius 1 is 1.25 bits per heavy atom. The fourth-order valence-electron chi connectivity index (χ4n) is 3.84. The van der Waals surface area contributed by atoms with Gasteiger partial charge in [-0.1, -0.05) is 26.7 Å². The molecule has 0 bridgehead atoms. The smallest absolute Gasteiger partial charge is 0.0871 e. The maximum atomic E-state index is 10.2. The summed E-state index contributed by atoms with van der Waals surface area (Å²) in [5, 5.41) is 10.2. The number of hydrogen-bond acceptors (Lipinski definition) is 3. The third-order valence-corrected chi connectivity index (χ3v) is 5.13. The minimum absolute atomic E-state index is 0.0395. The largest absolute Gasteiger partial charge is 0.393 e. The topological polar surface area (TPSA) is 38.7 Å². The van der Waals surface area contributed by atoms with Gasteiger partial charge in [-0.25, -0.2) is 0 Å². The number of ether oxygens (including phenoxy) is 2. The summed E-state index contributed by atoms with van der Waals surface area (Å²) in [6.07, 6.45) is 6.31. The van der Waals surface area contributed by atoms with Crippen molar-refractivity contribution in [1.29, 1.82) is 0 Å². The van der Waals surface area contributed by atoms with Crippen molar-refractivity contribution >= 4 is 0 Å². The van der Waals surface area contributed by atoms with Gasteiger partial charge in [-0.05, 0) is 51.4 Å². The van der Waals surface area contributed by atoms with Crippen molar-refractivity contribution < 1.29 is 14.6 Å². The van der Waals surface area contributed by atoms with Crippen LogP contribution in [-0.4, -0.2) is 35.6 Å². The Kier molecular flexibility index (Phi) is 5.49. The van der Waals surface area contributed by atoms with Crippen LogP contribution in [0.5, 0.6) is 0 Å². The van der Waals surface area contributed by atoms with E-state index >= 15 is 0 Å². The van der Waals surface area contributed by atoms with E-state index in [4.69, 9.17) is 9.47 Å². The SMILES string of the molecule is CCCC1CC(O)CCOC2CCC(C)(C)OC2C1C. The molecule has 20 heavy (non-hydrogen) atoms. The van der Waals surface area contributed by atoms with Crippen LogP contribution in [0, 0.1) is 11.8 Å². The molecule has 0 radical (unpaired) electrons. The minimum atomic E-state index is -0.220. The number of rotatable bonds is 2. The molecular weight excluding hydrogens is 252 g/mol. The molecule has 5 unspecified atom stereocenters. The summed E-state index contributed by atoms with van der Waals surface area (Å²) >= 11 is 0. The lowest BCUT2D eigenvalue weighted by atomic mass is 9.78. The van der Waals surface area contributed by atoms with Gasteiger partial charge in [0.1, 0.15) is 0 Å². The van der Waals surface area contributed by atoms with Crippen LogP contribution in [0.4, 0.5) is 0 Å². The fraction of sp³-hybridized carbons (Fsp3) is 1.00. The zero-order valence-corrected chi connectivity index (χ0v) is 13.6. The highest BCUT2D eigenvalue weighted by Crippen LogP contribution is 2.39. The molecule has 0 aromatic carbocycles. The summed E-state index contributed by atoms with van der Waals surface area (Å²) < 4.78 is 12.4. The Hall–Kier alpha value is -0.120. The Labute approximate surface area is 124 Å². The number of hydrogen-bond donors (Lipinski definition) is 1. The van der Waals surface area contributed by atoms with Crippen LogP contribution in [0.3, 0.4) is 0 Å². The first kappa shape index (κ1) is 16.3. The molecule has 5 atom stereocenters. The van der Waals surface area contributed by atoms with Crippen molar-refractivity contribution in [3.05, 3.63) is 0 Å². The van der Waals surface area contributed by atoms with Gasteiger partial charge in [0.2, 0.25) is 0 Å². The molecule has 2 rings (SSSR count). The number of fused-ring (bicyclic) bond motifs is 1.